The maximum absolute atomic E-state index is 8.76. The molecule has 0 aliphatic heterocycles. The molecule has 62 valence electrons. The fourth-order valence-corrected chi connectivity index (χ4v) is 0.956. The van der Waals surface area contributed by atoms with Crippen molar-refractivity contribution in [1.29, 1.82) is 0 Å². The molecule has 2 heteroatoms. The molecule has 1 nitrogen and oxygen atoms in total. The Bertz CT molecular complexity index is 81.3. The van der Waals surface area contributed by atoms with Crippen LogP contribution in [0.4, 0.5) is 0 Å². The van der Waals surface area contributed by atoms with Crippen LogP contribution in [-0.4, -0.2) is 16.6 Å². The predicted molar refractivity (Wildman–Crippen MR) is 45.5 cm³/mol. The third-order valence-corrected chi connectivity index (χ3v) is 1.94. The number of hydrogen-bond donors (Lipinski definition) is 1. The van der Waals surface area contributed by atoms with E-state index in [4.69, 9.17) is 16.7 Å². The van der Waals surface area contributed by atoms with E-state index in [1.807, 2.05) is 6.92 Å². The normalized spacial score (nSPS) is 16.8. The van der Waals surface area contributed by atoms with Crippen LogP contribution < -0.4 is 0 Å². The molecule has 0 aromatic carbocycles. The van der Waals surface area contributed by atoms with Gasteiger partial charge in [-0.2, -0.15) is 0 Å². The molecule has 0 fully saturated rings. The van der Waals surface area contributed by atoms with Gasteiger partial charge in [0.1, 0.15) is 0 Å². The van der Waals surface area contributed by atoms with Crippen molar-refractivity contribution in [2.45, 2.75) is 44.4 Å². The van der Waals surface area contributed by atoms with Crippen molar-refractivity contribution in [3.8, 4) is 0 Å². The largest absolute Gasteiger partial charge is 0.395 e. The van der Waals surface area contributed by atoms with E-state index < -0.39 is 0 Å². The van der Waals surface area contributed by atoms with Crippen LogP contribution in [-0.2, 0) is 0 Å². The van der Waals surface area contributed by atoms with Gasteiger partial charge in [-0.05, 0) is 13.3 Å². The second kappa shape index (κ2) is 4.97. The summed E-state index contributed by atoms with van der Waals surface area (Å²) in [5.74, 6) is 0. The van der Waals surface area contributed by atoms with Crippen LogP contribution in [0.15, 0.2) is 0 Å². The van der Waals surface area contributed by atoms with Gasteiger partial charge in [-0.3, -0.25) is 0 Å². The van der Waals surface area contributed by atoms with Gasteiger partial charge in [-0.15, -0.1) is 11.6 Å². The van der Waals surface area contributed by atoms with Crippen LogP contribution >= 0.6 is 11.6 Å². The molecular formula is C8H17ClO. The van der Waals surface area contributed by atoms with E-state index in [2.05, 4.69) is 6.92 Å². The van der Waals surface area contributed by atoms with Crippen molar-refractivity contribution >= 4 is 11.6 Å². The van der Waals surface area contributed by atoms with E-state index in [0.717, 1.165) is 12.8 Å². The number of aliphatic hydroxyl groups excluding tert-OH is 1. The molecule has 0 saturated carbocycles. The fourth-order valence-electron chi connectivity index (χ4n) is 0.823. The van der Waals surface area contributed by atoms with Crippen molar-refractivity contribution in [3.63, 3.8) is 0 Å². The molecule has 0 radical (unpaired) electrons. The summed E-state index contributed by atoms with van der Waals surface area (Å²) in [4.78, 5) is -0.380. The molecule has 0 bridgehead atoms. The van der Waals surface area contributed by atoms with E-state index in [1.54, 1.807) is 0 Å². The highest BCUT2D eigenvalue weighted by atomic mass is 35.5. The number of unbranched alkanes of at least 4 members (excludes halogenated alkanes) is 2. The highest BCUT2D eigenvalue weighted by Crippen LogP contribution is 2.21. The summed E-state index contributed by atoms with van der Waals surface area (Å²) in [5, 5.41) is 8.76. The van der Waals surface area contributed by atoms with E-state index in [-0.39, 0.29) is 11.5 Å². The number of alkyl halides is 1. The topological polar surface area (TPSA) is 20.2 Å². The molecule has 1 unspecified atom stereocenters. The minimum Gasteiger partial charge on any atom is -0.395 e. The minimum atomic E-state index is -0.380. The quantitative estimate of drug-likeness (QED) is 0.489. The molecule has 10 heavy (non-hydrogen) atoms. The Balaban J connectivity index is 3.28. The van der Waals surface area contributed by atoms with Gasteiger partial charge in [0.15, 0.2) is 0 Å². The molecule has 0 aliphatic carbocycles. The first-order valence-electron chi connectivity index (χ1n) is 3.92. The summed E-state index contributed by atoms with van der Waals surface area (Å²) in [6, 6.07) is 0. The Morgan fingerprint density at radius 1 is 1.40 bits per heavy atom. The zero-order chi connectivity index (χ0) is 8.04. The van der Waals surface area contributed by atoms with Crippen LogP contribution in [0.2, 0.25) is 0 Å². The van der Waals surface area contributed by atoms with Crippen molar-refractivity contribution in [1.82, 2.24) is 0 Å². The molecule has 0 aromatic rings. The predicted octanol–water partition coefficient (Wildman–Crippen LogP) is 2.56. The van der Waals surface area contributed by atoms with Gasteiger partial charge < -0.3 is 5.11 Å². The third kappa shape index (κ3) is 5.07. The zero-order valence-corrected chi connectivity index (χ0v) is 7.62. The summed E-state index contributed by atoms with van der Waals surface area (Å²) in [6.45, 7) is 4.12. The number of rotatable bonds is 5. The first-order valence-corrected chi connectivity index (χ1v) is 4.30. The SMILES string of the molecule is CCCCCC(C)(Cl)CO. The Kier molecular flexibility index (Phi) is 5.10. The van der Waals surface area contributed by atoms with Crippen molar-refractivity contribution < 1.29 is 5.11 Å². The van der Waals surface area contributed by atoms with Gasteiger partial charge in [0.25, 0.3) is 0 Å². The Hall–Kier alpha value is 0.250. The van der Waals surface area contributed by atoms with Crippen LogP contribution in [0.1, 0.15) is 39.5 Å². The van der Waals surface area contributed by atoms with Crippen LogP contribution in [0.25, 0.3) is 0 Å². The lowest BCUT2D eigenvalue weighted by atomic mass is 10.0. The highest BCUT2D eigenvalue weighted by Gasteiger charge is 2.17. The lowest BCUT2D eigenvalue weighted by Gasteiger charge is -2.17. The zero-order valence-electron chi connectivity index (χ0n) is 6.86. The van der Waals surface area contributed by atoms with Gasteiger partial charge in [0.05, 0.1) is 11.5 Å². The van der Waals surface area contributed by atoms with Crippen LogP contribution in [0.5, 0.6) is 0 Å². The molecule has 0 spiro atoms. The molecule has 0 aromatic heterocycles. The third-order valence-electron chi connectivity index (χ3n) is 1.63. The summed E-state index contributed by atoms with van der Waals surface area (Å²) < 4.78 is 0. The molecule has 0 heterocycles. The second-order valence-corrected chi connectivity index (χ2v) is 3.94. The molecule has 0 saturated heterocycles. The first-order chi connectivity index (χ1) is 4.62. The first kappa shape index (κ1) is 10.2. The van der Waals surface area contributed by atoms with Gasteiger partial charge in [0, 0.05) is 0 Å². The summed E-state index contributed by atoms with van der Waals surface area (Å²) in [6.07, 6.45) is 4.46. The molecule has 1 N–H and O–H groups in total. The van der Waals surface area contributed by atoms with Crippen molar-refractivity contribution in [3.05, 3.63) is 0 Å². The molecular weight excluding hydrogens is 148 g/mol. The van der Waals surface area contributed by atoms with Gasteiger partial charge >= 0.3 is 0 Å². The van der Waals surface area contributed by atoms with Gasteiger partial charge in [-0.25, -0.2) is 0 Å². The van der Waals surface area contributed by atoms with E-state index in [9.17, 15) is 0 Å². The molecule has 0 amide bonds. The van der Waals surface area contributed by atoms with Crippen LogP contribution in [0.3, 0.4) is 0 Å². The Labute approximate surface area is 68.4 Å². The number of aliphatic hydroxyl groups is 1. The standard InChI is InChI=1S/C8H17ClO/c1-3-4-5-6-8(2,9)7-10/h10H,3-7H2,1-2H3. The second-order valence-electron chi connectivity index (χ2n) is 3.03. The highest BCUT2D eigenvalue weighted by molar-refractivity contribution is 6.23. The van der Waals surface area contributed by atoms with E-state index in [0.29, 0.717) is 0 Å². The van der Waals surface area contributed by atoms with Crippen molar-refractivity contribution in [2.75, 3.05) is 6.61 Å². The Morgan fingerprint density at radius 3 is 2.40 bits per heavy atom. The van der Waals surface area contributed by atoms with Crippen molar-refractivity contribution in [2.24, 2.45) is 0 Å². The van der Waals surface area contributed by atoms with E-state index >= 15 is 0 Å². The van der Waals surface area contributed by atoms with Gasteiger partial charge in [-0.1, -0.05) is 26.2 Å². The summed E-state index contributed by atoms with van der Waals surface area (Å²) >= 11 is 5.91. The monoisotopic (exact) mass is 164 g/mol. The molecule has 0 aliphatic rings. The van der Waals surface area contributed by atoms with E-state index in [1.165, 1.54) is 12.8 Å². The summed E-state index contributed by atoms with van der Waals surface area (Å²) in [5.41, 5.74) is 0. The average molecular weight is 165 g/mol. The smallest absolute Gasteiger partial charge is 0.0648 e. The Morgan fingerprint density at radius 2 is 2.00 bits per heavy atom. The number of hydrogen-bond acceptors (Lipinski definition) is 1. The maximum atomic E-state index is 8.76. The number of halogens is 1. The van der Waals surface area contributed by atoms with Crippen LogP contribution in [0, 0.1) is 0 Å². The lowest BCUT2D eigenvalue weighted by molar-refractivity contribution is 0.243. The van der Waals surface area contributed by atoms with Gasteiger partial charge in [0.2, 0.25) is 0 Å². The fraction of sp³-hybridized carbons (Fsp3) is 1.00. The summed E-state index contributed by atoms with van der Waals surface area (Å²) in [7, 11) is 0. The minimum absolute atomic E-state index is 0.0816. The molecule has 1 atom stereocenters. The molecule has 0 rings (SSSR count). The average Bonchev–Trinajstić information content (AvgIpc) is 1.89. The maximum Gasteiger partial charge on any atom is 0.0648 e. The lowest BCUT2D eigenvalue weighted by Crippen LogP contribution is -2.21.